The van der Waals surface area contributed by atoms with E-state index in [4.69, 9.17) is 16.2 Å². The maximum Gasteiger partial charge on any atom is 0.338 e. The lowest BCUT2D eigenvalue weighted by Gasteiger charge is -2.19. The van der Waals surface area contributed by atoms with Crippen LogP contribution in [0.3, 0.4) is 0 Å². The third kappa shape index (κ3) is 3.38. The number of carbonyl (C=O) groups excluding carboxylic acids is 2. The van der Waals surface area contributed by atoms with Gasteiger partial charge in [0.1, 0.15) is 0 Å². The number of esters is 1. The predicted molar refractivity (Wildman–Crippen MR) is 69.3 cm³/mol. The summed E-state index contributed by atoms with van der Waals surface area (Å²) in [7, 11) is 1.69. The molecule has 4 N–H and O–H groups in total. The molecule has 0 aliphatic carbocycles. The quantitative estimate of drug-likeness (QED) is 0.581. The Bertz CT molecular complexity index is 460. The normalized spacial score (nSPS) is 9.89. The van der Waals surface area contributed by atoms with E-state index in [0.717, 1.165) is 0 Å². The van der Waals surface area contributed by atoms with Gasteiger partial charge in [0.15, 0.2) is 0 Å². The summed E-state index contributed by atoms with van der Waals surface area (Å²) >= 11 is 0. The molecule has 0 bridgehead atoms. The zero-order valence-electron chi connectivity index (χ0n) is 10.5. The fourth-order valence-corrected chi connectivity index (χ4v) is 1.56. The average Bonchev–Trinajstić information content (AvgIpc) is 2.28. The van der Waals surface area contributed by atoms with Gasteiger partial charge in [-0.15, -0.1) is 0 Å². The second-order valence-electron chi connectivity index (χ2n) is 3.82. The van der Waals surface area contributed by atoms with E-state index < -0.39 is 11.9 Å². The lowest BCUT2D eigenvalue weighted by atomic mass is 10.1. The summed E-state index contributed by atoms with van der Waals surface area (Å²) in [5.74, 6) is -0.875. The van der Waals surface area contributed by atoms with Crippen molar-refractivity contribution in [2.75, 3.05) is 30.8 Å². The fraction of sp³-hybridized carbons (Fsp3) is 0.333. The highest BCUT2D eigenvalue weighted by molar-refractivity contribution is 5.92. The van der Waals surface area contributed by atoms with Crippen molar-refractivity contribution in [2.45, 2.75) is 6.92 Å². The van der Waals surface area contributed by atoms with Crippen LogP contribution in [0.15, 0.2) is 18.2 Å². The van der Waals surface area contributed by atoms with Gasteiger partial charge in [-0.3, -0.25) is 4.79 Å². The van der Waals surface area contributed by atoms with Gasteiger partial charge < -0.3 is 21.1 Å². The molecule has 0 aliphatic heterocycles. The molecular weight excluding hydrogens is 234 g/mol. The number of amides is 1. The number of hydrogen-bond donors (Lipinski definition) is 2. The van der Waals surface area contributed by atoms with Crippen LogP contribution in [0.2, 0.25) is 0 Å². The third-order valence-corrected chi connectivity index (χ3v) is 2.34. The molecule has 1 aromatic rings. The summed E-state index contributed by atoms with van der Waals surface area (Å²) in [6, 6.07) is 4.77. The summed E-state index contributed by atoms with van der Waals surface area (Å²) in [5.41, 5.74) is 12.3. The maximum absolute atomic E-state index is 11.5. The number of hydrogen-bond acceptors (Lipinski definition) is 5. The van der Waals surface area contributed by atoms with E-state index in [1.54, 1.807) is 31.0 Å². The zero-order valence-corrected chi connectivity index (χ0v) is 10.5. The Morgan fingerprint density at radius 1 is 1.39 bits per heavy atom. The van der Waals surface area contributed by atoms with E-state index in [2.05, 4.69) is 0 Å². The Labute approximate surface area is 105 Å². The first-order chi connectivity index (χ1) is 8.45. The van der Waals surface area contributed by atoms with Gasteiger partial charge in [0, 0.05) is 7.05 Å². The summed E-state index contributed by atoms with van der Waals surface area (Å²) in [5, 5.41) is 0. The smallest absolute Gasteiger partial charge is 0.338 e. The van der Waals surface area contributed by atoms with Crippen molar-refractivity contribution in [3.05, 3.63) is 23.8 Å². The molecule has 1 aromatic carbocycles. The van der Waals surface area contributed by atoms with Crippen molar-refractivity contribution < 1.29 is 14.3 Å². The number of carbonyl (C=O) groups is 2. The van der Waals surface area contributed by atoms with Crippen LogP contribution in [0.1, 0.15) is 17.3 Å². The van der Waals surface area contributed by atoms with Crippen LogP contribution in [0.5, 0.6) is 0 Å². The first-order valence-electron chi connectivity index (χ1n) is 5.51. The number of primary amides is 1. The molecular formula is C12H17N3O3. The monoisotopic (exact) mass is 251 g/mol. The third-order valence-electron chi connectivity index (χ3n) is 2.34. The molecule has 0 radical (unpaired) electrons. The first kappa shape index (κ1) is 13.8. The SMILES string of the molecule is CCOC(=O)c1ccc(N(C)CC(N)=O)c(N)c1. The largest absolute Gasteiger partial charge is 0.462 e. The lowest BCUT2D eigenvalue weighted by molar-refractivity contribution is -0.116. The van der Waals surface area contributed by atoms with Crippen LogP contribution in [-0.4, -0.2) is 32.1 Å². The Morgan fingerprint density at radius 2 is 2.06 bits per heavy atom. The molecule has 0 aromatic heterocycles. The number of likely N-dealkylation sites (N-methyl/N-ethyl adjacent to an activating group) is 1. The molecule has 0 saturated heterocycles. The molecule has 1 rings (SSSR count). The standard InChI is InChI=1S/C12H17N3O3/c1-3-18-12(17)8-4-5-10(9(13)6-8)15(2)7-11(14)16/h4-6H,3,7,13H2,1-2H3,(H2,14,16). The van der Waals surface area contributed by atoms with Crippen LogP contribution < -0.4 is 16.4 Å². The van der Waals surface area contributed by atoms with Gasteiger partial charge in [-0.1, -0.05) is 0 Å². The van der Waals surface area contributed by atoms with Crippen LogP contribution in [0.25, 0.3) is 0 Å². The molecule has 6 nitrogen and oxygen atoms in total. The van der Waals surface area contributed by atoms with E-state index in [-0.39, 0.29) is 6.54 Å². The van der Waals surface area contributed by atoms with Gasteiger partial charge in [0.25, 0.3) is 0 Å². The second-order valence-corrected chi connectivity index (χ2v) is 3.82. The minimum atomic E-state index is -0.452. The van der Waals surface area contributed by atoms with Gasteiger partial charge in [-0.2, -0.15) is 0 Å². The van der Waals surface area contributed by atoms with Crippen molar-refractivity contribution in [3.8, 4) is 0 Å². The van der Waals surface area contributed by atoms with Gasteiger partial charge in [-0.25, -0.2) is 4.79 Å². The highest BCUT2D eigenvalue weighted by Gasteiger charge is 2.12. The molecule has 0 fully saturated rings. The van der Waals surface area contributed by atoms with Crippen LogP contribution in [0, 0.1) is 0 Å². The van der Waals surface area contributed by atoms with Crippen molar-refractivity contribution in [3.63, 3.8) is 0 Å². The molecule has 0 aliphatic rings. The van der Waals surface area contributed by atoms with Crippen molar-refractivity contribution >= 4 is 23.3 Å². The second kappa shape index (κ2) is 5.90. The van der Waals surface area contributed by atoms with Crippen LogP contribution >= 0.6 is 0 Å². The van der Waals surface area contributed by atoms with Crippen molar-refractivity contribution in [1.29, 1.82) is 0 Å². The zero-order chi connectivity index (χ0) is 13.7. The molecule has 0 saturated carbocycles. The molecule has 0 heterocycles. The topological polar surface area (TPSA) is 98.6 Å². The van der Waals surface area contributed by atoms with Crippen molar-refractivity contribution in [1.82, 2.24) is 0 Å². The Kier molecular flexibility index (Phi) is 4.53. The highest BCUT2D eigenvalue weighted by Crippen LogP contribution is 2.23. The van der Waals surface area contributed by atoms with E-state index >= 15 is 0 Å². The number of benzene rings is 1. The number of ether oxygens (including phenoxy) is 1. The Balaban J connectivity index is 2.92. The summed E-state index contributed by atoms with van der Waals surface area (Å²) in [6.07, 6.45) is 0. The van der Waals surface area contributed by atoms with E-state index in [1.807, 2.05) is 0 Å². The van der Waals surface area contributed by atoms with Crippen LogP contribution in [0.4, 0.5) is 11.4 Å². The van der Waals surface area contributed by atoms with Gasteiger partial charge in [0.05, 0.1) is 30.1 Å². The Hall–Kier alpha value is -2.24. The average molecular weight is 251 g/mol. The van der Waals surface area contributed by atoms with Gasteiger partial charge in [-0.05, 0) is 25.1 Å². The molecule has 6 heteroatoms. The molecule has 0 spiro atoms. The molecule has 1 amide bonds. The number of nitrogens with zero attached hydrogens (tertiary/aromatic N) is 1. The summed E-state index contributed by atoms with van der Waals surface area (Å²) in [6.45, 7) is 2.10. The lowest BCUT2D eigenvalue weighted by Crippen LogP contribution is -2.31. The molecule has 0 unspecified atom stereocenters. The van der Waals surface area contributed by atoms with E-state index in [9.17, 15) is 9.59 Å². The first-order valence-corrected chi connectivity index (χ1v) is 5.51. The fourth-order valence-electron chi connectivity index (χ4n) is 1.56. The van der Waals surface area contributed by atoms with Gasteiger partial charge in [0.2, 0.25) is 5.91 Å². The molecule has 98 valence electrons. The maximum atomic E-state index is 11.5. The molecule has 18 heavy (non-hydrogen) atoms. The van der Waals surface area contributed by atoms with Crippen LogP contribution in [-0.2, 0) is 9.53 Å². The van der Waals surface area contributed by atoms with Crippen molar-refractivity contribution in [2.24, 2.45) is 5.73 Å². The predicted octanol–water partition coefficient (Wildman–Crippen LogP) is 0.367. The Morgan fingerprint density at radius 3 is 2.56 bits per heavy atom. The number of anilines is 2. The van der Waals surface area contributed by atoms with E-state index in [1.165, 1.54) is 6.07 Å². The van der Waals surface area contributed by atoms with Gasteiger partial charge >= 0.3 is 5.97 Å². The minimum absolute atomic E-state index is 0.0585. The minimum Gasteiger partial charge on any atom is -0.462 e. The molecule has 0 atom stereocenters. The number of rotatable bonds is 5. The number of nitrogens with two attached hydrogens (primary N) is 2. The highest BCUT2D eigenvalue weighted by atomic mass is 16.5. The summed E-state index contributed by atoms with van der Waals surface area (Å²) in [4.78, 5) is 23.9. The van der Waals surface area contributed by atoms with E-state index in [0.29, 0.717) is 23.5 Å². The summed E-state index contributed by atoms with van der Waals surface area (Å²) < 4.78 is 4.87. The number of nitrogen functional groups attached to an aromatic ring is 1.